The molecule has 0 saturated carbocycles. The summed E-state index contributed by atoms with van der Waals surface area (Å²) in [5, 5.41) is 2.56. The highest BCUT2D eigenvalue weighted by Crippen LogP contribution is 2.51. The standard InChI is InChI=1S/C49H38N4/c1-31-17-19-35(20-18-31)47-50-46(34-11-5-4-6-12-34)51-48(52-47)36-23-21-32(22-24-36)33-25-27-37(28-26-33)53-44-16-10-8-14-39(44)41-29-40-38-13-7-9-15-42(38)49(2,3)43(40)30-45(41)53/h4-17,19-31H,18H2,1-3H3. The van der Waals surface area contributed by atoms with Gasteiger partial charge in [-0.3, -0.25) is 0 Å². The number of hydrogen-bond donors (Lipinski definition) is 0. The van der Waals surface area contributed by atoms with E-state index in [1.165, 1.54) is 44.1 Å². The first kappa shape index (κ1) is 31.4. The molecule has 0 bridgehead atoms. The first-order valence-corrected chi connectivity index (χ1v) is 18.5. The lowest BCUT2D eigenvalue weighted by Gasteiger charge is -2.21. The summed E-state index contributed by atoms with van der Waals surface area (Å²) in [6.07, 6.45) is 7.58. The summed E-state index contributed by atoms with van der Waals surface area (Å²) in [7, 11) is 0. The number of benzene rings is 6. The largest absolute Gasteiger partial charge is 0.309 e. The summed E-state index contributed by atoms with van der Waals surface area (Å²) < 4.78 is 2.43. The summed E-state index contributed by atoms with van der Waals surface area (Å²) in [6, 6.07) is 50.2. The Hall–Kier alpha value is -6.39. The second kappa shape index (κ2) is 12.1. The van der Waals surface area contributed by atoms with Crippen LogP contribution in [0.15, 0.2) is 158 Å². The van der Waals surface area contributed by atoms with Crippen LogP contribution in [-0.4, -0.2) is 19.5 Å². The van der Waals surface area contributed by atoms with Gasteiger partial charge < -0.3 is 4.57 Å². The lowest BCUT2D eigenvalue weighted by Crippen LogP contribution is -2.14. The second-order valence-electron chi connectivity index (χ2n) is 15.0. The molecule has 53 heavy (non-hydrogen) atoms. The van der Waals surface area contributed by atoms with E-state index in [9.17, 15) is 0 Å². The zero-order valence-corrected chi connectivity index (χ0v) is 30.1. The molecule has 0 saturated heterocycles. The predicted octanol–water partition coefficient (Wildman–Crippen LogP) is 12.3. The summed E-state index contributed by atoms with van der Waals surface area (Å²) in [5.41, 5.74) is 14.3. The minimum Gasteiger partial charge on any atom is -0.309 e. The molecule has 2 aliphatic rings. The minimum atomic E-state index is -0.0632. The van der Waals surface area contributed by atoms with Crippen molar-refractivity contribution in [2.45, 2.75) is 32.6 Å². The van der Waals surface area contributed by atoms with Gasteiger partial charge in [-0.15, -0.1) is 0 Å². The molecule has 6 aromatic carbocycles. The Morgan fingerprint density at radius 2 is 1.17 bits per heavy atom. The van der Waals surface area contributed by atoms with Gasteiger partial charge in [0, 0.05) is 38.6 Å². The number of aromatic nitrogens is 4. The van der Waals surface area contributed by atoms with Gasteiger partial charge in [0.1, 0.15) is 0 Å². The van der Waals surface area contributed by atoms with Crippen molar-refractivity contribution in [3.63, 3.8) is 0 Å². The highest BCUT2D eigenvalue weighted by Gasteiger charge is 2.36. The lowest BCUT2D eigenvalue weighted by molar-refractivity contribution is 0.661. The number of hydrogen-bond acceptors (Lipinski definition) is 3. The Morgan fingerprint density at radius 3 is 1.91 bits per heavy atom. The molecule has 0 radical (unpaired) electrons. The summed E-state index contributed by atoms with van der Waals surface area (Å²) >= 11 is 0. The van der Waals surface area contributed by atoms with Crippen molar-refractivity contribution in [2.75, 3.05) is 0 Å². The van der Waals surface area contributed by atoms with E-state index in [0.717, 1.165) is 39.9 Å². The summed E-state index contributed by atoms with van der Waals surface area (Å²) in [6.45, 7) is 6.93. The van der Waals surface area contributed by atoms with E-state index in [1.807, 2.05) is 18.2 Å². The monoisotopic (exact) mass is 682 g/mol. The molecule has 2 aromatic heterocycles. The zero-order chi connectivity index (χ0) is 35.7. The van der Waals surface area contributed by atoms with E-state index in [4.69, 9.17) is 15.0 Å². The number of rotatable bonds is 5. The molecule has 0 fully saturated rings. The first-order chi connectivity index (χ1) is 25.9. The smallest absolute Gasteiger partial charge is 0.164 e. The van der Waals surface area contributed by atoms with E-state index in [0.29, 0.717) is 23.4 Å². The van der Waals surface area contributed by atoms with Crippen LogP contribution in [0.1, 0.15) is 44.1 Å². The number of nitrogens with zero attached hydrogens (tertiary/aromatic N) is 4. The molecule has 1 atom stereocenters. The average Bonchev–Trinajstić information content (AvgIpc) is 3.65. The predicted molar refractivity (Wildman–Crippen MR) is 219 cm³/mol. The van der Waals surface area contributed by atoms with Crippen LogP contribution in [0.5, 0.6) is 0 Å². The molecule has 4 nitrogen and oxygen atoms in total. The van der Waals surface area contributed by atoms with Crippen LogP contribution >= 0.6 is 0 Å². The fourth-order valence-corrected chi connectivity index (χ4v) is 8.30. The van der Waals surface area contributed by atoms with Gasteiger partial charge in [0.05, 0.1) is 11.0 Å². The third-order valence-corrected chi connectivity index (χ3v) is 11.2. The molecule has 2 aliphatic carbocycles. The van der Waals surface area contributed by atoms with Gasteiger partial charge in [-0.25, -0.2) is 15.0 Å². The molecule has 2 heterocycles. The zero-order valence-electron chi connectivity index (χ0n) is 30.1. The Kier molecular flexibility index (Phi) is 7.16. The van der Waals surface area contributed by atoms with Crippen molar-refractivity contribution in [2.24, 2.45) is 5.92 Å². The first-order valence-electron chi connectivity index (χ1n) is 18.5. The maximum absolute atomic E-state index is 4.97. The SMILES string of the molecule is CC1C=CC(c2nc(-c3ccccc3)nc(-c3ccc(-c4ccc(-n5c6ccccc6c6cc7c(cc65)C(C)(C)c5ccccc5-7)cc4)cc3)n2)=CC1. The molecule has 4 heteroatoms. The van der Waals surface area contributed by atoms with Gasteiger partial charge in [-0.1, -0.05) is 148 Å². The maximum atomic E-state index is 4.97. The van der Waals surface area contributed by atoms with E-state index in [2.05, 4.69) is 165 Å². The molecule has 1 unspecified atom stereocenters. The fraction of sp³-hybridized carbons (Fsp3) is 0.122. The topological polar surface area (TPSA) is 43.6 Å². The minimum absolute atomic E-state index is 0.0632. The number of fused-ring (bicyclic) bond motifs is 6. The van der Waals surface area contributed by atoms with Crippen LogP contribution in [-0.2, 0) is 5.41 Å². The van der Waals surface area contributed by atoms with Gasteiger partial charge in [0.2, 0.25) is 0 Å². The molecular weight excluding hydrogens is 645 g/mol. The fourth-order valence-electron chi connectivity index (χ4n) is 8.30. The lowest BCUT2D eigenvalue weighted by atomic mass is 9.82. The van der Waals surface area contributed by atoms with Crippen LogP contribution in [0.25, 0.3) is 78.1 Å². The maximum Gasteiger partial charge on any atom is 0.164 e. The van der Waals surface area contributed by atoms with Crippen molar-refractivity contribution >= 4 is 27.4 Å². The van der Waals surface area contributed by atoms with Crippen LogP contribution in [0.4, 0.5) is 0 Å². The highest BCUT2D eigenvalue weighted by atomic mass is 15.0. The Labute approximate surface area is 309 Å². The van der Waals surface area contributed by atoms with E-state index >= 15 is 0 Å². The molecule has 0 aliphatic heterocycles. The van der Waals surface area contributed by atoms with E-state index < -0.39 is 0 Å². The number of para-hydroxylation sites is 1. The van der Waals surface area contributed by atoms with Crippen molar-refractivity contribution < 1.29 is 0 Å². The van der Waals surface area contributed by atoms with E-state index in [1.54, 1.807) is 0 Å². The molecule has 10 rings (SSSR count). The van der Waals surface area contributed by atoms with Crippen molar-refractivity contribution in [1.82, 2.24) is 19.5 Å². The molecule has 0 amide bonds. The Morgan fingerprint density at radius 1 is 0.547 bits per heavy atom. The summed E-state index contributed by atoms with van der Waals surface area (Å²) in [4.78, 5) is 14.8. The molecule has 0 spiro atoms. The van der Waals surface area contributed by atoms with Gasteiger partial charge >= 0.3 is 0 Å². The molecule has 254 valence electrons. The van der Waals surface area contributed by atoms with Gasteiger partial charge in [-0.2, -0.15) is 0 Å². The molecule has 0 N–H and O–H groups in total. The molecular formula is C49H38N4. The van der Waals surface area contributed by atoms with Crippen LogP contribution in [0.2, 0.25) is 0 Å². The third kappa shape index (κ3) is 5.16. The Bertz CT molecular complexity index is 2770. The van der Waals surface area contributed by atoms with Crippen molar-refractivity contribution in [3.05, 3.63) is 175 Å². The highest BCUT2D eigenvalue weighted by molar-refractivity contribution is 6.11. The average molecular weight is 683 g/mol. The van der Waals surface area contributed by atoms with Crippen LogP contribution in [0.3, 0.4) is 0 Å². The van der Waals surface area contributed by atoms with Crippen LogP contribution in [0, 0.1) is 5.92 Å². The van der Waals surface area contributed by atoms with Gasteiger partial charge in [-0.05, 0) is 76.1 Å². The molecule has 8 aromatic rings. The Balaban J connectivity index is 1.01. The summed E-state index contributed by atoms with van der Waals surface area (Å²) in [5.74, 6) is 2.58. The van der Waals surface area contributed by atoms with Crippen molar-refractivity contribution in [1.29, 1.82) is 0 Å². The van der Waals surface area contributed by atoms with Crippen LogP contribution < -0.4 is 0 Å². The normalized spacial score (nSPS) is 15.8. The third-order valence-electron chi connectivity index (χ3n) is 11.2. The van der Waals surface area contributed by atoms with Gasteiger partial charge in [0.15, 0.2) is 17.5 Å². The second-order valence-corrected chi connectivity index (χ2v) is 15.0. The van der Waals surface area contributed by atoms with Crippen molar-refractivity contribution in [3.8, 4) is 50.7 Å². The van der Waals surface area contributed by atoms with E-state index in [-0.39, 0.29) is 5.41 Å². The quantitative estimate of drug-likeness (QED) is 0.181. The number of allylic oxidation sites excluding steroid dienone is 4. The van der Waals surface area contributed by atoms with Gasteiger partial charge in [0.25, 0.3) is 0 Å².